The smallest absolute Gasteiger partial charge is 0.336 e. The van der Waals surface area contributed by atoms with E-state index in [4.69, 9.17) is 4.74 Å². The zero-order chi connectivity index (χ0) is 19.6. The van der Waals surface area contributed by atoms with Crippen LogP contribution < -0.4 is 15.0 Å². The molecule has 1 saturated heterocycles. The lowest BCUT2D eigenvalue weighted by Crippen LogP contribution is -2.28. The molecule has 0 aromatic heterocycles. The fourth-order valence-corrected chi connectivity index (χ4v) is 3.07. The van der Waals surface area contributed by atoms with Crippen LogP contribution in [0.15, 0.2) is 42.5 Å². The molecule has 0 bridgehead atoms. The van der Waals surface area contributed by atoms with E-state index in [-0.39, 0.29) is 30.3 Å². The number of hydrogen-bond donors (Lipinski definition) is 2. The number of carbonyl (C=O) groups excluding carboxylic acids is 2. The van der Waals surface area contributed by atoms with Gasteiger partial charge in [0.2, 0.25) is 11.8 Å². The van der Waals surface area contributed by atoms with E-state index in [0.29, 0.717) is 22.7 Å². The highest BCUT2D eigenvalue weighted by Crippen LogP contribution is 2.27. The Balaban J connectivity index is 1.70. The predicted octanol–water partition coefficient (Wildman–Crippen LogP) is 2.69. The van der Waals surface area contributed by atoms with Crippen molar-refractivity contribution in [1.82, 2.24) is 0 Å². The fourth-order valence-electron chi connectivity index (χ4n) is 3.07. The van der Waals surface area contributed by atoms with Crippen molar-refractivity contribution < 1.29 is 24.2 Å². The number of nitrogens with zero attached hydrogens (tertiary/aromatic N) is 1. The molecule has 2 amide bonds. The molecule has 2 aromatic carbocycles. The highest BCUT2D eigenvalue weighted by molar-refractivity contribution is 6.04. The maximum Gasteiger partial charge on any atom is 0.336 e. The normalized spacial score (nSPS) is 16.3. The summed E-state index contributed by atoms with van der Waals surface area (Å²) >= 11 is 0. The number of carboxylic acid groups (broad SMARTS) is 1. The van der Waals surface area contributed by atoms with Gasteiger partial charge in [0.25, 0.3) is 0 Å². The molecule has 27 heavy (non-hydrogen) atoms. The van der Waals surface area contributed by atoms with Gasteiger partial charge in [0.05, 0.1) is 18.6 Å². The third-order valence-corrected chi connectivity index (χ3v) is 4.62. The van der Waals surface area contributed by atoms with Gasteiger partial charge in [-0.3, -0.25) is 9.59 Å². The Bertz CT molecular complexity index is 892. The van der Waals surface area contributed by atoms with Crippen LogP contribution in [0.1, 0.15) is 22.3 Å². The molecule has 3 rings (SSSR count). The third kappa shape index (κ3) is 3.92. The minimum absolute atomic E-state index is 0.107. The maximum atomic E-state index is 12.5. The Kier molecular flexibility index (Phi) is 5.12. The molecule has 7 heteroatoms. The maximum absolute atomic E-state index is 12.5. The highest BCUT2D eigenvalue weighted by Gasteiger charge is 2.35. The van der Waals surface area contributed by atoms with Gasteiger partial charge in [-0.25, -0.2) is 4.79 Å². The van der Waals surface area contributed by atoms with Crippen molar-refractivity contribution in [3.63, 3.8) is 0 Å². The number of aryl methyl sites for hydroxylation is 1. The second kappa shape index (κ2) is 7.49. The fraction of sp³-hybridized carbons (Fsp3) is 0.250. The molecule has 7 nitrogen and oxygen atoms in total. The molecule has 0 radical (unpaired) electrons. The number of nitrogens with one attached hydrogen (secondary N) is 1. The molecule has 2 aromatic rings. The Morgan fingerprint density at radius 1 is 1.19 bits per heavy atom. The topological polar surface area (TPSA) is 95.9 Å². The van der Waals surface area contributed by atoms with Crippen LogP contribution in [0.25, 0.3) is 0 Å². The first-order chi connectivity index (χ1) is 12.9. The number of carboxylic acids is 1. The molecule has 0 saturated carbocycles. The summed E-state index contributed by atoms with van der Waals surface area (Å²) in [6.45, 7) is 1.96. The van der Waals surface area contributed by atoms with Crippen LogP contribution in [-0.4, -0.2) is 36.5 Å². The molecule has 0 aliphatic carbocycles. The Morgan fingerprint density at radius 3 is 2.52 bits per heavy atom. The molecule has 1 aliphatic rings. The number of methoxy groups -OCH3 is 1. The molecule has 1 heterocycles. The average molecular weight is 368 g/mol. The monoisotopic (exact) mass is 368 g/mol. The van der Waals surface area contributed by atoms with Crippen LogP contribution in [0.3, 0.4) is 0 Å². The van der Waals surface area contributed by atoms with Crippen LogP contribution in [0.4, 0.5) is 11.4 Å². The van der Waals surface area contributed by atoms with Crippen molar-refractivity contribution in [3.8, 4) is 5.75 Å². The van der Waals surface area contributed by atoms with Crippen molar-refractivity contribution >= 4 is 29.2 Å². The van der Waals surface area contributed by atoms with E-state index in [0.717, 1.165) is 0 Å². The second-order valence-electron chi connectivity index (χ2n) is 6.43. The Hall–Kier alpha value is -3.35. The summed E-state index contributed by atoms with van der Waals surface area (Å²) in [5.74, 6) is -1.30. The van der Waals surface area contributed by atoms with E-state index in [2.05, 4.69) is 5.32 Å². The summed E-state index contributed by atoms with van der Waals surface area (Å²) in [4.78, 5) is 37.7. The number of benzene rings is 2. The number of aromatic carboxylic acids is 1. The van der Waals surface area contributed by atoms with Crippen LogP contribution in [-0.2, 0) is 9.59 Å². The van der Waals surface area contributed by atoms with Crippen LogP contribution in [0.5, 0.6) is 5.75 Å². The molecule has 1 fully saturated rings. The van der Waals surface area contributed by atoms with Gasteiger partial charge in [-0.2, -0.15) is 0 Å². The van der Waals surface area contributed by atoms with Gasteiger partial charge in [0.1, 0.15) is 5.75 Å². The first kappa shape index (κ1) is 18.4. The van der Waals surface area contributed by atoms with Gasteiger partial charge in [0.15, 0.2) is 0 Å². The van der Waals surface area contributed by atoms with Crippen molar-refractivity contribution in [2.24, 2.45) is 5.92 Å². The van der Waals surface area contributed by atoms with Crippen LogP contribution in [0, 0.1) is 12.8 Å². The van der Waals surface area contributed by atoms with Crippen molar-refractivity contribution in [1.29, 1.82) is 0 Å². The van der Waals surface area contributed by atoms with E-state index in [1.54, 1.807) is 55.3 Å². The van der Waals surface area contributed by atoms with Crippen molar-refractivity contribution in [2.45, 2.75) is 13.3 Å². The summed E-state index contributed by atoms with van der Waals surface area (Å²) in [5, 5.41) is 11.9. The number of amides is 2. The van der Waals surface area contributed by atoms with E-state index in [1.165, 1.54) is 6.07 Å². The second-order valence-corrected chi connectivity index (χ2v) is 6.43. The largest absolute Gasteiger partial charge is 0.497 e. The SMILES string of the molecule is COc1ccc(N2CC(C(=O)Nc3ccc(C)c(C(=O)O)c3)CC2=O)cc1. The standard InChI is InChI=1S/C20H20N2O5/c1-12-3-4-14(10-17(12)20(25)26)21-19(24)13-9-18(23)22(11-13)15-5-7-16(27-2)8-6-15/h3-8,10,13H,9,11H2,1-2H3,(H,21,24)(H,25,26). The predicted molar refractivity (Wildman–Crippen MR) is 100 cm³/mol. The van der Waals surface area contributed by atoms with Crippen molar-refractivity contribution in [3.05, 3.63) is 53.6 Å². The van der Waals surface area contributed by atoms with Gasteiger partial charge in [0, 0.05) is 24.3 Å². The van der Waals surface area contributed by atoms with E-state index in [1.807, 2.05) is 0 Å². The molecule has 2 N–H and O–H groups in total. The summed E-state index contributed by atoms with van der Waals surface area (Å²) < 4.78 is 5.11. The summed E-state index contributed by atoms with van der Waals surface area (Å²) in [5.41, 5.74) is 1.86. The third-order valence-electron chi connectivity index (χ3n) is 4.62. The lowest BCUT2D eigenvalue weighted by atomic mass is 10.1. The van der Waals surface area contributed by atoms with E-state index >= 15 is 0 Å². The van der Waals surface area contributed by atoms with Gasteiger partial charge in [-0.15, -0.1) is 0 Å². The first-order valence-electron chi connectivity index (χ1n) is 8.48. The lowest BCUT2D eigenvalue weighted by Gasteiger charge is -2.17. The summed E-state index contributed by atoms with van der Waals surface area (Å²) in [7, 11) is 1.57. The molecular formula is C20H20N2O5. The Morgan fingerprint density at radius 2 is 1.89 bits per heavy atom. The number of carbonyl (C=O) groups is 3. The summed E-state index contributed by atoms with van der Waals surface area (Å²) in [6.07, 6.45) is 0.107. The van der Waals surface area contributed by atoms with Gasteiger partial charge >= 0.3 is 5.97 Å². The quantitative estimate of drug-likeness (QED) is 0.846. The number of ether oxygens (including phenoxy) is 1. The van der Waals surface area contributed by atoms with Crippen molar-refractivity contribution in [2.75, 3.05) is 23.9 Å². The minimum atomic E-state index is -1.05. The Labute approximate surface area is 156 Å². The molecule has 1 aliphatic heterocycles. The number of hydrogen-bond acceptors (Lipinski definition) is 4. The zero-order valence-corrected chi connectivity index (χ0v) is 15.1. The van der Waals surface area contributed by atoms with Crippen LogP contribution in [0.2, 0.25) is 0 Å². The molecular weight excluding hydrogens is 348 g/mol. The van der Waals surface area contributed by atoms with E-state index < -0.39 is 11.9 Å². The van der Waals surface area contributed by atoms with Gasteiger partial charge in [-0.1, -0.05) is 6.07 Å². The van der Waals surface area contributed by atoms with E-state index in [9.17, 15) is 19.5 Å². The molecule has 1 unspecified atom stereocenters. The lowest BCUT2D eigenvalue weighted by molar-refractivity contribution is -0.122. The molecule has 1 atom stereocenters. The zero-order valence-electron chi connectivity index (χ0n) is 15.1. The van der Waals surface area contributed by atoms with Gasteiger partial charge < -0.3 is 20.1 Å². The number of anilines is 2. The first-order valence-corrected chi connectivity index (χ1v) is 8.48. The van der Waals surface area contributed by atoms with Gasteiger partial charge in [-0.05, 0) is 48.9 Å². The number of rotatable bonds is 5. The highest BCUT2D eigenvalue weighted by atomic mass is 16.5. The average Bonchev–Trinajstić information content (AvgIpc) is 3.05. The summed E-state index contributed by atoms with van der Waals surface area (Å²) in [6, 6.07) is 11.8. The minimum Gasteiger partial charge on any atom is -0.497 e. The van der Waals surface area contributed by atoms with Crippen LogP contribution >= 0.6 is 0 Å². The molecule has 140 valence electrons. The molecule has 0 spiro atoms.